The standard InChI is InChI=1S/C14H15N3O2S2/c15-14(20)11-4-3-6-13(10-11)21(18,19)17-9-7-12-5-1-2-8-16-12/h1-6,8,10,17H,7,9H2,(H2,15,20). The molecule has 0 unspecified atom stereocenters. The van der Waals surface area contributed by atoms with Crippen molar-refractivity contribution in [2.75, 3.05) is 6.54 Å². The summed E-state index contributed by atoms with van der Waals surface area (Å²) in [6.45, 7) is 0.274. The van der Waals surface area contributed by atoms with Gasteiger partial charge < -0.3 is 5.73 Å². The lowest BCUT2D eigenvalue weighted by atomic mass is 10.2. The van der Waals surface area contributed by atoms with Gasteiger partial charge in [-0.05, 0) is 24.3 Å². The van der Waals surface area contributed by atoms with Gasteiger partial charge in [-0.15, -0.1) is 0 Å². The first-order valence-electron chi connectivity index (χ1n) is 6.28. The molecule has 0 amide bonds. The Bertz CT molecular complexity index is 731. The molecule has 1 aromatic heterocycles. The summed E-state index contributed by atoms with van der Waals surface area (Å²) in [5.74, 6) is 0. The van der Waals surface area contributed by atoms with Crippen molar-refractivity contribution in [2.24, 2.45) is 5.73 Å². The van der Waals surface area contributed by atoms with Crippen LogP contribution in [0.15, 0.2) is 53.6 Å². The predicted molar refractivity (Wildman–Crippen MR) is 85.5 cm³/mol. The van der Waals surface area contributed by atoms with Gasteiger partial charge in [0.15, 0.2) is 0 Å². The minimum Gasteiger partial charge on any atom is -0.389 e. The van der Waals surface area contributed by atoms with Crippen molar-refractivity contribution in [1.82, 2.24) is 9.71 Å². The molecule has 110 valence electrons. The molecule has 0 aliphatic rings. The normalized spacial score (nSPS) is 11.2. The van der Waals surface area contributed by atoms with E-state index in [9.17, 15) is 8.42 Å². The van der Waals surface area contributed by atoms with Crippen molar-refractivity contribution in [1.29, 1.82) is 0 Å². The van der Waals surface area contributed by atoms with E-state index in [0.717, 1.165) is 5.69 Å². The molecular weight excluding hydrogens is 306 g/mol. The Morgan fingerprint density at radius 3 is 2.71 bits per heavy atom. The number of nitrogens with two attached hydrogens (primary N) is 1. The topological polar surface area (TPSA) is 85.1 Å². The third-order valence-electron chi connectivity index (χ3n) is 2.83. The number of pyridine rings is 1. The second-order valence-corrected chi connectivity index (χ2v) is 6.57. The van der Waals surface area contributed by atoms with Crippen molar-refractivity contribution >= 4 is 27.2 Å². The molecule has 0 atom stereocenters. The van der Waals surface area contributed by atoms with Crippen LogP contribution in [0.25, 0.3) is 0 Å². The van der Waals surface area contributed by atoms with Crippen LogP contribution in [0, 0.1) is 0 Å². The monoisotopic (exact) mass is 321 g/mol. The third-order valence-corrected chi connectivity index (χ3v) is 4.52. The van der Waals surface area contributed by atoms with Crippen LogP contribution in [0.4, 0.5) is 0 Å². The zero-order valence-corrected chi connectivity index (χ0v) is 12.8. The number of nitrogens with zero attached hydrogens (tertiary/aromatic N) is 1. The summed E-state index contributed by atoms with van der Waals surface area (Å²) >= 11 is 4.85. The van der Waals surface area contributed by atoms with Crippen LogP contribution in [0.3, 0.4) is 0 Å². The number of hydrogen-bond donors (Lipinski definition) is 2. The molecule has 2 aromatic rings. The van der Waals surface area contributed by atoms with Gasteiger partial charge in [0.2, 0.25) is 10.0 Å². The number of nitrogens with one attached hydrogen (secondary N) is 1. The lowest BCUT2D eigenvalue weighted by molar-refractivity contribution is 0.581. The Labute approximate surface area is 129 Å². The highest BCUT2D eigenvalue weighted by molar-refractivity contribution is 7.89. The molecule has 7 heteroatoms. The fourth-order valence-corrected chi connectivity index (χ4v) is 2.96. The molecule has 0 aliphatic heterocycles. The summed E-state index contributed by atoms with van der Waals surface area (Å²) in [4.78, 5) is 4.45. The van der Waals surface area contributed by atoms with Gasteiger partial charge in [-0.3, -0.25) is 4.98 Å². The van der Waals surface area contributed by atoms with E-state index in [1.54, 1.807) is 18.3 Å². The smallest absolute Gasteiger partial charge is 0.240 e. The summed E-state index contributed by atoms with van der Waals surface area (Å²) in [5, 5.41) is 0. The van der Waals surface area contributed by atoms with Crippen LogP contribution in [-0.4, -0.2) is 24.9 Å². The maximum absolute atomic E-state index is 12.2. The SMILES string of the molecule is NC(=S)c1cccc(S(=O)(=O)NCCc2ccccn2)c1. The molecule has 1 aromatic carbocycles. The number of hydrogen-bond acceptors (Lipinski definition) is 4. The van der Waals surface area contributed by atoms with E-state index in [1.807, 2.05) is 18.2 Å². The highest BCUT2D eigenvalue weighted by atomic mass is 32.2. The maximum atomic E-state index is 12.2. The minimum atomic E-state index is -3.58. The van der Waals surface area contributed by atoms with Gasteiger partial charge in [-0.25, -0.2) is 13.1 Å². The zero-order valence-electron chi connectivity index (χ0n) is 11.2. The van der Waals surface area contributed by atoms with Gasteiger partial charge in [0.1, 0.15) is 4.99 Å². The molecule has 0 aliphatic carbocycles. The van der Waals surface area contributed by atoms with E-state index in [1.165, 1.54) is 12.1 Å². The molecule has 0 saturated carbocycles. The number of benzene rings is 1. The first kappa shape index (κ1) is 15.6. The fraction of sp³-hybridized carbons (Fsp3) is 0.143. The molecule has 0 bridgehead atoms. The van der Waals surface area contributed by atoms with E-state index in [2.05, 4.69) is 9.71 Å². The molecule has 0 saturated heterocycles. The molecule has 5 nitrogen and oxygen atoms in total. The molecule has 0 spiro atoms. The Kier molecular flexibility index (Phi) is 5.00. The summed E-state index contributed by atoms with van der Waals surface area (Å²) < 4.78 is 26.9. The Hall–Kier alpha value is -1.83. The van der Waals surface area contributed by atoms with Gasteiger partial charge in [-0.1, -0.05) is 30.4 Å². The van der Waals surface area contributed by atoms with E-state index < -0.39 is 10.0 Å². The lowest BCUT2D eigenvalue weighted by Gasteiger charge is -2.08. The number of rotatable bonds is 6. The summed E-state index contributed by atoms with van der Waals surface area (Å²) in [5.41, 5.74) is 6.87. The van der Waals surface area contributed by atoms with E-state index in [-0.39, 0.29) is 16.4 Å². The van der Waals surface area contributed by atoms with E-state index >= 15 is 0 Å². The second kappa shape index (κ2) is 6.75. The van der Waals surface area contributed by atoms with Gasteiger partial charge in [0.25, 0.3) is 0 Å². The van der Waals surface area contributed by atoms with Gasteiger partial charge >= 0.3 is 0 Å². The lowest BCUT2D eigenvalue weighted by Crippen LogP contribution is -2.26. The minimum absolute atomic E-state index is 0.147. The third kappa shape index (κ3) is 4.32. The number of thiocarbonyl (C=S) groups is 1. The van der Waals surface area contributed by atoms with Crippen molar-refractivity contribution in [3.05, 3.63) is 59.9 Å². The van der Waals surface area contributed by atoms with Crippen LogP contribution in [0.2, 0.25) is 0 Å². The highest BCUT2D eigenvalue weighted by Crippen LogP contribution is 2.11. The van der Waals surface area contributed by atoms with Crippen LogP contribution in [-0.2, 0) is 16.4 Å². The van der Waals surface area contributed by atoms with Gasteiger partial charge in [0, 0.05) is 30.4 Å². The molecule has 0 radical (unpaired) electrons. The Morgan fingerprint density at radius 1 is 1.24 bits per heavy atom. The highest BCUT2D eigenvalue weighted by Gasteiger charge is 2.14. The maximum Gasteiger partial charge on any atom is 0.240 e. The average Bonchev–Trinajstić information content (AvgIpc) is 2.48. The van der Waals surface area contributed by atoms with E-state index in [0.29, 0.717) is 12.0 Å². The van der Waals surface area contributed by atoms with Crippen LogP contribution in [0.1, 0.15) is 11.3 Å². The first-order chi connectivity index (χ1) is 9.99. The largest absolute Gasteiger partial charge is 0.389 e. The van der Waals surface area contributed by atoms with Crippen molar-refractivity contribution in [3.63, 3.8) is 0 Å². The molecular formula is C14H15N3O2S2. The molecule has 3 N–H and O–H groups in total. The first-order valence-corrected chi connectivity index (χ1v) is 8.17. The van der Waals surface area contributed by atoms with Crippen molar-refractivity contribution in [2.45, 2.75) is 11.3 Å². The molecule has 0 fully saturated rings. The Morgan fingerprint density at radius 2 is 2.05 bits per heavy atom. The zero-order chi connectivity index (χ0) is 15.3. The summed E-state index contributed by atoms with van der Waals surface area (Å²) in [7, 11) is -3.58. The van der Waals surface area contributed by atoms with Crippen molar-refractivity contribution < 1.29 is 8.42 Å². The average molecular weight is 321 g/mol. The number of sulfonamides is 1. The fourth-order valence-electron chi connectivity index (χ4n) is 1.76. The summed E-state index contributed by atoms with van der Waals surface area (Å²) in [6, 6.07) is 11.8. The second-order valence-electron chi connectivity index (χ2n) is 4.36. The van der Waals surface area contributed by atoms with Crippen molar-refractivity contribution in [3.8, 4) is 0 Å². The number of aromatic nitrogens is 1. The Balaban J connectivity index is 2.05. The van der Waals surface area contributed by atoms with E-state index in [4.69, 9.17) is 18.0 Å². The van der Waals surface area contributed by atoms with Crippen LogP contribution < -0.4 is 10.5 Å². The molecule has 2 rings (SSSR count). The van der Waals surface area contributed by atoms with Crippen LogP contribution >= 0.6 is 12.2 Å². The molecule has 21 heavy (non-hydrogen) atoms. The van der Waals surface area contributed by atoms with Crippen LogP contribution in [0.5, 0.6) is 0 Å². The predicted octanol–water partition coefficient (Wildman–Crippen LogP) is 1.24. The molecule has 1 heterocycles. The van der Waals surface area contributed by atoms with Gasteiger partial charge in [-0.2, -0.15) is 0 Å². The van der Waals surface area contributed by atoms with Gasteiger partial charge in [0.05, 0.1) is 4.90 Å². The quantitative estimate of drug-likeness (QED) is 0.782. The summed E-state index contributed by atoms with van der Waals surface area (Å²) in [6.07, 6.45) is 2.20.